The number of rotatable bonds is 3. The topological polar surface area (TPSA) is 61.9 Å². The third-order valence-corrected chi connectivity index (χ3v) is 2.76. The first-order chi connectivity index (χ1) is 8.54. The van der Waals surface area contributed by atoms with E-state index < -0.39 is 17.9 Å². The number of nitrogens with zero attached hydrogens (tertiary/aromatic N) is 2. The average Bonchev–Trinajstić information content (AvgIpc) is 2.67. The Balaban J connectivity index is 2.23. The van der Waals surface area contributed by atoms with Gasteiger partial charge in [-0.15, -0.1) is 0 Å². The van der Waals surface area contributed by atoms with Crippen LogP contribution in [0.4, 0.5) is 5.69 Å². The van der Waals surface area contributed by atoms with Crippen LogP contribution < -0.4 is 15.2 Å². The maximum absolute atomic E-state index is 11.8. The molecule has 6 heteroatoms. The first kappa shape index (κ1) is 12.5. The highest BCUT2D eigenvalue weighted by atomic mass is 16.5. The van der Waals surface area contributed by atoms with Crippen molar-refractivity contribution in [2.75, 3.05) is 26.2 Å². The number of benzene rings is 1. The number of amides is 1. The lowest BCUT2D eigenvalue weighted by atomic mass is 10.2. The molecular weight excluding hydrogens is 234 g/mol. The molecule has 1 aromatic carbocycles. The first-order valence-electron chi connectivity index (χ1n) is 5.49. The third kappa shape index (κ3) is 2.07. The summed E-state index contributed by atoms with van der Waals surface area (Å²) < 4.78 is 5.04. The number of hydrazine groups is 1. The SMILES string of the molecule is COc1ccc(N2NC(N(C)C)C(=O)C2=O)cc1. The molecule has 2 rings (SSSR count). The zero-order valence-corrected chi connectivity index (χ0v) is 10.5. The molecule has 1 atom stereocenters. The molecule has 0 bridgehead atoms. The van der Waals surface area contributed by atoms with Crippen molar-refractivity contribution < 1.29 is 14.3 Å². The second-order valence-electron chi connectivity index (χ2n) is 4.20. The molecule has 1 amide bonds. The van der Waals surface area contributed by atoms with Crippen molar-refractivity contribution in [1.29, 1.82) is 0 Å². The Labute approximate surface area is 105 Å². The highest BCUT2D eigenvalue weighted by molar-refractivity contribution is 6.44. The fraction of sp³-hybridized carbons (Fsp3) is 0.333. The van der Waals surface area contributed by atoms with Gasteiger partial charge in [0.05, 0.1) is 12.8 Å². The Morgan fingerprint density at radius 2 is 1.83 bits per heavy atom. The molecule has 1 unspecified atom stereocenters. The molecule has 18 heavy (non-hydrogen) atoms. The van der Waals surface area contributed by atoms with E-state index >= 15 is 0 Å². The number of carbonyl (C=O) groups excluding carboxylic acids is 2. The molecular formula is C12H15N3O3. The summed E-state index contributed by atoms with van der Waals surface area (Å²) in [7, 11) is 5.04. The van der Waals surface area contributed by atoms with Crippen LogP contribution >= 0.6 is 0 Å². The van der Waals surface area contributed by atoms with Crippen LogP contribution in [0.25, 0.3) is 0 Å². The normalized spacial score (nSPS) is 19.8. The van der Waals surface area contributed by atoms with Crippen LogP contribution in [0.15, 0.2) is 24.3 Å². The van der Waals surface area contributed by atoms with E-state index in [1.165, 1.54) is 5.01 Å². The van der Waals surface area contributed by atoms with Gasteiger partial charge in [0.25, 0.3) is 5.78 Å². The molecule has 0 radical (unpaired) electrons. The van der Waals surface area contributed by atoms with Gasteiger partial charge in [-0.05, 0) is 38.4 Å². The minimum atomic E-state index is -0.611. The summed E-state index contributed by atoms with van der Waals surface area (Å²) >= 11 is 0. The maximum atomic E-state index is 11.8. The number of nitrogens with one attached hydrogen (secondary N) is 1. The molecule has 1 aromatic rings. The first-order valence-corrected chi connectivity index (χ1v) is 5.49. The standard InChI is InChI=1S/C12H15N3O3/c1-14(2)11-10(16)12(17)15(13-11)8-4-6-9(18-3)7-5-8/h4-7,11,13H,1-3H3. The lowest BCUT2D eigenvalue weighted by Gasteiger charge is -2.20. The highest BCUT2D eigenvalue weighted by Crippen LogP contribution is 2.21. The largest absolute Gasteiger partial charge is 0.497 e. The van der Waals surface area contributed by atoms with E-state index in [-0.39, 0.29) is 0 Å². The third-order valence-electron chi connectivity index (χ3n) is 2.76. The smallest absolute Gasteiger partial charge is 0.312 e. The lowest BCUT2D eigenvalue weighted by Crippen LogP contribution is -2.45. The number of ketones is 1. The van der Waals surface area contributed by atoms with E-state index in [0.717, 1.165) is 0 Å². The molecule has 0 saturated carbocycles. The number of anilines is 1. The number of methoxy groups -OCH3 is 1. The molecule has 1 N–H and O–H groups in total. The van der Waals surface area contributed by atoms with E-state index in [2.05, 4.69) is 5.43 Å². The number of hydrogen-bond acceptors (Lipinski definition) is 5. The zero-order chi connectivity index (χ0) is 13.3. The van der Waals surface area contributed by atoms with E-state index in [4.69, 9.17) is 4.74 Å². The fourth-order valence-corrected chi connectivity index (χ4v) is 1.74. The molecule has 0 aliphatic carbocycles. The minimum Gasteiger partial charge on any atom is -0.497 e. The van der Waals surface area contributed by atoms with Crippen molar-refractivity contribution in [3.05, 3.63) is 24.3 Å². The Bertz CT molecular complexity index is 470. The monoisotopic (exact) mass is 249 g/mol. The van der Waals surface area contributed by atoms with Gasteiger partial charge in [0.2, 0.25) is 0 Å². The fourth-order valence-electron chi connectivity index (χ4n) is 1.74. The van der Waals surface area contributed by atoms with Crippen LogP contribution in [0.2, 0.25) is 0 Å². The quantitative estimate of drug-likeness (QED) is 0.764. The molecule has 6 nitrogen and oxygen atoms in total. The molecule has 0 spiro atoms. The van der Waals surface area contributed by atoms with Crippen LogP contribution in [0.5, 0.6) is 5.75 Å². The van der Waals surface area contributed by atoms with Gasteiger partial charge >= 0.3 is 5.91 Å². The Morgan fingerprint density at radius 1 is 1.22 bits per heavy atom. The predicted molar refractivity (Wildman–Crippen MR) is 66.1 cm³/mol. The van der Waals surface area contributed by atoms with Crippen LogP contribution in [-0.2, 0) is 9.59 Å². The number of Topliss-reactive ketones (excluding diaryl/α,β-unsaturated/α-hetero) is 1. The van der Waals surface area contributed by atoms with Gasteiger partial charge in [0, 0.05) is 0 Å². The van der Waals surface area contributed by atoms with E-state index in [0.29, 0.717) is 11.4 Å². The van der Waals surface area contributed by atoms with Crippen molar-refractivity contribution in [1.82, 2.24) is 10.3 Å². The molecule has 0 aromatic heterocycles. The second-order valence-corrected chi connectivity index (χ2v) is 4.20. The molecule has 1 heterocycles. The summed E-state index contributed by atoms with van der Waals surface area (Å²) in [6.07, 6.45) is -0.611. The van der Waals surface area contributed by atoms with Crippen molar-refractivity contribution >= 4 is 17.4 Å². The number of carbonyl (C=O) groups is 2. The van der Waals surface area contributed by atoms with Crippen molar-refractivity contribution in [3.63, 3.8) is 0 Å². The summed E-state index contributed by atoms with van der Waals surface area (Å²) in [4.78, 5) is 25.2. The van der Waals surface area contributed by atoms with Gasteiger partial charge in [-0.25, -0.2) is 10.4 Å². The van der Waals surface area contributed by atoms with E-state index in [1.807, 2.05) is 0 Å². The number of hydrogen-bond donors (Lipinski definition) is 1. The molecule has 1 aliphatic rings. The van der Waals surface area contributed by atoms with Crippen molar-refractivity contribution in [2.24, 2.45) is 0 Å². The van der Waals surface area contributed by atoms with E-state index in [9.17, 15) is 9.59 Å². The van der Waals surface area contributed by atoms with Gasteiger partial charge < -0.3 is 4.74 Å². The Morgan fingerprint density at radius 3 is 2.28 bits per heavy atom. The minimum absolute atomic E-state index is 0.462. The van der Waals surface area contributed by atoms with Crippen LogP contribution in [0.3, 0.4) is 0 Å². The van der Waals surface area contributed by atoms with Crippen molar-refractivity contribution in [3.8, 4) is 5.75 Å². The van der Waals surface area contributed by atoms with Crippen LogP contribution in [-0.4, -0.2) is 44.0 Å². The summed E-state index contributed by atoms with van der Waals surface area (Å²) in [6, 6.07) is 6.90. The predicted octanol–water partition coefficient (Wildman–Crippen LogP) is 0.00320. The van der Waals surface area contributed by atoms with Gasteiger partial charge in [0.1, 0.15) is 11.9 Å². The molecule has 96 valence electrons. The number of ether oxygens (including phenoxy) is 1. The van der Waals surface area contributed by atoms with Crippen LogP contribution in [0.1, 0.15) is 0 Å². The van der Waals surface area contributed by atoms with E-state index in [1.54, 1.807) is 50.4 Å². The van der Waals surface area contributed by atoms with Crippen molar-refractivity contribution in [2.45, 2.75) is 6.17 Å². The lowest BCUT2D eigenvalue weighted by molar-refractivity contribution is -0.135. The van der Waals surface area contributed by atoms with Gasteiger partial charge in [-0.2, -0.15) is 0 Å². The Kier molecular flexibility index (Phi) is 3.31. The Hall–Kier alpha value is -1.92. The van der Waals surface area contributed by atoms with Gasteiger partial charge in [-0.1, -0.05) is 0 Å². The second kappa shape index (κ2) is 4.75. The highest BCUT2D eigenvalue weighted by Gasteiger charge is 2.40. The molecule has 1 fully saturated rings. The van der Waals surface area contributed by atoms with Gasteiger partial charge in [0.15, 0.2) is 0 Å². The summed E-state index contributed by atoms with van der Waals surface area (Å²) in [5, 5.41) is 1.26. The summed E-state index contributed by atoms with van der Waals surface area (Å²) in [6.45, 7) is 0. The maximum Gasteiger partial charge on any atom is 0.312 e. The number of likely N-dealkylation sites (N-methyl/N-ethyl adjacent to an activating group) is 1. The molecule has 1 saturated heterocycles. The average molecular weight is 249 g/mol. The summed E-state index contributed by atoms with van der Waals surface area (Å²) in [5.41, 5.74) is 3.47. The summed E-state index contributed by atoms with van der Waals surface area (Å²) in [5.74, 6) is -0.324. The van der Waals surface area contributed by atoms with Gasteiger partial charge in [-0.3, -0.25) is 14.5 Å². The zero-order valence-electron chi connectivity index (χ0n) is 10.5. The van der Waals surface area contributed by atoms with Crippen LogP contribution in [0, 0.1) is 0 Å². The molecule has 1 aliphatic heterocycles.